The molecule has 4 rings (SSSR count). The molecule has 0 N–H and O–H groups in total. The zero-order valence-corrected chi connectivity index (χ0v) is 15.7. The maximum Gasteiger partial charge on any atom is 0.433 e. The number of pyridine rings is 1. The molecule has 0 unspecified atom stereocenters. The number of fused-ring (bicyclic) bond motifs is 1. The van der Waals surface area contributed by atoms with Gasteiger partial charge in [-0.05, 0) is 35.9 Å². The summed E-state index contributed by atoms with van der Waals surface area (Å²) in [4.78, 5) is 15.9. The van der Waals surface area contributed by atoms with Gasteiger partial charge < -0.3 is 0 Å². The minimum Gasteiger partial charge on any atom is -0.267 e. The number of hydrogen-bond acceptors (Lipinski definition) is 4. The Hall–Kier alpha value is -4.06. The third kappa shape index (κ3) is 3.88. The molecule has 0 saturated carbocycles. The van der Waals surface area contributed by atoms with Gasteiger partial charge in [-0.3, -0.25) is 4.79 Å². The van der Waals surface area contributed by atoms with Crippen LogP contribution in [0.4, 0.5) is 17.6 Å². The zero-order chi connectivity index (χ0) is 22.2. The van der Waals surface area contributed by atoms with Crippen LogP contribution < -0.4 is 5.56 Å². The Balaban J connectivity index is 1.88. The fourth-order valence-corrected chi connectivity index (χ4v) is 3.17. The van der Waals surface area contributed by atoms with Crippen molar-refractivity contribution in [3.05, 3.63) is 93.8 Å². The summed E-state index contributed by atoms with van der Waals surface area (Å²) in [6.45, 7) is 0.0259. The van der Waals surface area contributed by atoms with E-state index in [1.165, 1.54) is 6.07 Å². The van der Waals surface area contributed by atoms with Gasteiger partial charge in [0.05, 0.1) is 29.1 Å². The summed E-state index contributed by atoms with van der Waals surface area (Å²) in [5, 5.41) is 13.7. The van der Waals surface area contributed by atoms with Crippen molar-refractivity contribution in [2.75, 3.05) is 0 Å². The second kappa shape index (κ2) is 7.65. The van der Waals surface area contributed by atoms with E-state index in [4.69, 9.17) is 5.26 Å². The standard InChI is InChI=1S/C22H12F4N4O/c23-20-17(9-10-18(28-20)22(24,25)26)19-15-3-1-2-4-16(15)21(31)30(29-19)12-14-7-5-13(11-27)6-8-14/h1-10H,12H2. The summed E-state index contributed by atoms with van der Waals surface area (Å²) in [6, 6.07) is 16.4. The lowest BCUT2D eigenvalue weighted by molar-refractivity contribution is -0.141. The molecule has 0 spiro atoms. The molecule has 9 heteroatoms. The second-order valence-electron chi connectivity index (χ2n) is 6.70. The first-order valence-corrected chi connectivity index (χ1v) is 9.01. The molecule has 0 bridgehead atoms. The van der Waals surface area contributed by atoms with Gasteiger partial charge in [0.15, 0.2) is 0 Å². The second-order valence-corrected chi connectivity index (χ2v) is 6.70. The first kappa shape index (κ1) is 20.2. The van der Waals surface area contributed by atoms with E-state index in [1.54, 1.807) is 42.5 Å². The molecule has 0 aliphatic heterocycles. The smallest absolute Gasteiger partial charge is 0.267 e. The van der Waals surface area contributed by atoms with Crippen LogP contribution in [0.5, 0.6) is 0 Å². The molecule has 0 saturated heterocycles. The molecule has 31 heavy (non-hydrogen) atoms. The Labute approximate surface area is 172 Å². The summed E-state index contributed by atoms with van der Waals surface area (Å²) in [5.74, 6) is -1.34. The minimum absolute atomic E-state index is 0.00238. The van der Waals surface area contributed by atoms with E-state index < -0.39 is 23.4 Å². The van der Waals surface area contributed by atoms with E-state index in [9.17, 15) is 22.4 Å². The molecule has 0 atom stereocenters. The van der Waals surface area contributed by atoms with Crippen molar-refractivity contribution in [3.63, 3.8) is 0 Å². The molecule has 0 aliphatic carbocycles. The first-order chi connectivity index (χ1) is 14.8. The number of nitrogens with zero attached hydrogens (tertiary/aromatic N) is 4. The molecule has 0 fully saturated rings. The highest BCUT2D eigenvalue weighted by molar-refractivity contribution is 5.93. The van der Waals surface area contributed by atoms with Crippen LogP contribution in [0.1, 0.15) is 16.8 Å². The summed E-state index contributed by atoms with van der Waals surface area (Å²) < 4.78 is 54.2. The quantitative estimate of drug-likeness (QED) is 0.358. The minimum atomic E-state index is -4.79. The number of halogens is 4. The van der Waals surface area contributed by atoms with Crippen molar-refractivity contribution in [3.8, 4) is 17.3 Å². The molecule has 5 nitrogen and oxygen atoms in total. The Morgan fingerprint density at radius 1 is 0.968 bits per heavy atom. The molecule has 0 aliphatic rings. The molecule has 4 aromatic rings. The van der Waals surface area contributed by atoms with E-state index in [1.807, 2.05) is 6.07 Å². The maximum atomic E-state index is 14.6. The summed E-state index contributed by atoms with van der Waals surface area (Å²) in [5.41, 5.74) is -0.935. The number of hydrogen-bond donors (Lipinski definition) is 0. The predicted octanol–water partition coefficient (Wildman–Crippen LogP) is 4.54. The van der Waals surface area contributed by atoms with Gasteiger partial charge in [-0.2, -0.15) is 27.9 Å². The van der Waals surface area contributed by atoms with Crippen LogP contribution in [0.3, 0.4) is 0 Å². The van der Waals surface area contributed by atoms with Crippen LogP contribution in [0.2, 0.25) is 0 Å². The number of nitriles is 1. The van der Waals surface area contributed by atoms with Crippen LogP contribution in [-0.2, 0) is 12.7 Å². The van der Waals surface area contributed by atoms with Crippen molar-refractivity contribution < 1.29 is 17.6 Å². The fourth-order valence-electron chi connectivity index (χ4n) is 3.17. The average molecular weight is 424 g/mol. The highest BCUT2D eigenvalue weighted by Gasteiger charge is 2.33. The van der Waals surface area contributed by atoms with Crippen molar-refractivity contribution in [1.29, 1.82) is 5.26 Å². The topological polar surface area (TPSA) is 71.6 Å². The summed E-state index contributed by atoms with van der Waals surface area (Å²) in [7, 11) is 0. The first-order valence-electron chi connectivity index (χ1n) is 9.01. The monoisotopic (exact) mass is 424 g/mol. The molecular formula is C22H12F4N4O. The average Bonchev–Trinajstić information content (AvgIpc) is 2.76. The molecule has 2 heterocycles. The van der Waals surface area contributed by atoms with E-state index in [0.717, 1.165) is 10.7 Å². The van der Waals surface area contributed by atoms with E-state index in [0.29, 0.717) is 22.6 Å². The van der Waals surface area contributed by atoms with Gasteiger partial charge >= 0.3 is 6.18 Å². The van der Waals surface area contributed by atoms with Gasteiger partial charge in [0.25, 0.3) is 5.56 Å². The van der Waals surface area contributed by atoms with Gasteiger partial charge in [0, 0.05) is 5.39 Å². The highest BCUT2D eigenvalue weighted by Crippen LogP contribution is 2.31. The summed E-state index contributed by atoms with van der Waals surface area (Å²) >= 11 is 0. The van der Waals surface area contributed by atoms with Crippen LogP contribution >= 0.6 is 0 Å². The van der Waals surface area contributed by atoms with Crippen LogP contribution in [0.15, 0.2) is 65.5 Å². The molecule has 0 radical (unpaired) electrons. The largest absolute Gasteiger partial charge is 0.433 e. The molecule has 2 aromatic carbocycles. The van der Waals surface area contributed by atoms with E-state index >= 15 is 0 Å². The Morgan fingerprint density at radius 3 is 2.26 bits per heavy atom. The highest BCUT2D eigenvalue weighted by atomic mass is 19.4. The lowest BCUT2D eigenvalue weighted by atomic mass is 10.1. The Morgan fingerprint density at radius 2 is 1.65 bits per heavy atom. The lowest BCUT2D eigenvalue weighted by Gasteiger charge is -2.13. The van der Waals surface area contributed by atoms with Gasteiger partial charge in [-0.1, -0.05) is 30.3 Å². The predicted molar refractivity (Wildman–Crippen MR) is 104 cm³/mol. The Kier molecular flexibility index (Phi) is 4.99. The fraction of sp³-hybridized carbons (Fsp3) is 0.0909. The van der Waals surface area contributed by atoms with Crippen LogP contribution in [0, 0.1) is 17.3 Å². The zero-order valence-electron chi connectivity index (χ0n) is 15.7. The number of rotatable bonds is 3. The van der Waals surface area contributed by atoms with Crippen molar-refractivity contribution in [1.82, 2.24) is 14.8 Å². The SMILES string of the molecule is N#Cc1ccc(Cn2nc(-c3ccc(C(F)(F)F)nc3F)c3ccccc3c2=O)cc1. The van der Waals surface area contributed by atoms with Gasteiger partial charge in [-0.25, -0.2) is 9.67 Å². The van der Waals surface area contributed by atoms with Crippen LogP contribution in [0.25, 0.3) is 22.0 Å². The van der Waals surface area contributed by atoms with Gasteiger partial charge in [0.2, 0.25) is 5.95 Å². The van der Waals surface area contributed by atoms with Crippen molar-refractivity contribution in [2.45, 2.75) is 12.7 Å². The molecular weight excluding hydrogens is 412 g/mol. The number of aromatic nitrogens is 3. The third-order valence-electron chi connectivity index (χ3n) is 4.68. The third-order valence-corrected chi connectivity index (χ3v) is 4.68. The lowest BCUT2D eigenvalue weighted by Crippen LogP contribution is -2.24. The maximum absolute atomic E-state index is 14.6. The number of alkyl halides is 3. The van der Waals surface area contributed by atoms with Gasteiger partial charge in [-0.15, -0.1) is 0 Å². The molecule has 0 amide bonds. The van der Waals surface area contributed by atoms with E-state index in [-0.39, 0.29) is 23.2 Å². The Bertz CT molecular complexity index is 1390. The molecule has 2 aromatic heterocycles. The normalized spacial score (nSPS) is 11.5. The van der Waals surface area contributed by atoms with Crippen LogP contribution in [-0.4, -0.2) is 14.8 Å². The number of benzene rings is 2. The summed E-state index contributed by atoms with van der Waals surface area (Å²) in [6.07, 6.45) is -4.79. The molecule has 154 valence electrons. The van der Waals surface area contributed by atoms with Crippen molar-refractivity contribution >= 4 is 10.8 Å². The van der Waals surface area contributed by atoms with E-state index in [2.05, 4.69) is 10.1 Å². The van der Waals surface area contributed by atoms with Crippen molar-refractivity contribution in [2.24, 2.45) is 0 Å². The van der Waals surface area contributed by atoms with Gasteiger partial charge in [0.1, 0.15) is 11.4 Å².